The van der Waals surface area contributed by atoms with Gasteiger partial charge in [-0.25, -0.2) is 0 Å². The van der Waals surface area contributed by atoms with E-state index in [-0.39, 0.29) is 0 Å². The number of azide groups is 1. The van der Waals surface area contributed by atoms with Gasteiger partial charge in [0.25, 0.3) is 0 Å². The third-order valence-electron chi connectivity index (χ3n) is 2.58. The van der Waals surface area contributed by atoms with E-state index in [0.29, 0.717) is 19.5 Å². The first-order chi connectivity index (χ1) is 9.19. The molecule has 3 N–H and O–H groups in total. The van der Waals surface area contributed by atoms with Crippen molar-refractivity contribution in [3.8, 4) is 0 Å². The highest BCUT2D eigenvalue weighted by atomic mass is 32.2. The SMILES string of the molecule is CSc1ccc(C(NCCCN=[N+]=[N-])C(N)=O)cc1. The summed E-state index contributed by atoms with van der Waals surface area (Å²) in [7, 11) is 0. The summed E-state index contributed by atoms with van der Waals surface area (Å²) in [6.07, 6.45) is 2.66. The van der Waals surface area contributed by atoms with Gasteiger partial charge in [-0.15, -0.1) is 11.8 Å². The molecule has 19 heavy (non-hydrogen) atoms. The number of thioether (sulfide) groups is 1. The van der Waals surface area contributed by atoms with Gasteiger partial charge in [-0.3, -0.25) is 4.79 Å². The second-order valence-corrected chi connectivity index (χ2v) is 4.75. The summed E-state index contributed by atoms with van der Waals surface area (Å²) < 4.78 is 0. The summed E-state index contributed by atoms with van der Waals surface area (Å²) >= 11 is 1.64. The van der Waals surface area contributed by atoms with E-state index in [2.05, 4.69) is 15.3 Å². The number of nitrogens with two attached hydrogens (primary N) is 1. The minimum atomic E-state index is -0.512. The summed E-state index contributed by atoms with van der Waals surface area (Å²) in [4.78, 5) is 15.2. The first-order valence-electron chi connectivity index (χ1n) is 5.86. The molecule has 0 heterocycles. The Kier molecular flexibility index (Phi) is 6.81. The van der Waals surface area contributed by atoms with Crippen LogP contribution in [-0.4, -0.2) is 25.3 Å². The topological polar surface area (TPSA) is 104 Å². The van der Waals surface area contributed by atoms with Crippen LogP contribution in [0.1, 0.15) is 18.0 Å². The van der Waals surface area contributed by atoms with Gasteiger partial charge in [0.15, 0.2) is 0 Å². The minimum absolute atomic E-state index is 0.403. The number of hydrogen-bond acceptors (Lipinski definition) is 4. The van der Waals surface area contributed by atoms with E-state index in [4.69, 9.17) is 11.3 Å². The third kappa shape index (κ3) is 5.21. The largest absolute Gasteiger partial charge is 0.368 e. The predicted molar refractivity (Wildman–Crippen MR) is 76.8 cm³/mol. The highest BCUT2D eigenvalue weighted by Gasteiger charge is 2.16. The van der Waals surface area contributed by atoms with Crippen molar-refractivity contribution in [1.29, 1.82) is 0 Å². The van der Waals surface area contributed by atoms with Gasteiger partial charge in [-0.05, 0) is 42.4 Å². The van der Waals surface area contributed by atoms with Gasteiger partial charge >= 0.3 is 0 Å². The van der Waals surface area contributed by atoms with Crippen LogP contribution in [0.4, 0.5) is 0 Å². The molecule has 1 unspecified atom stereocenters. The van der Waals surface area contributed by atoms with Crippen LogP contribution in [0.2, 0.25) is 0 Å². The number of primary amides is 1. The first-order valence-corrected chi connectivity index (χ1v) is 7.09. The molecule has 0 aromatic heterocycles. The fraction of sp³-hybridized carbons (Fsp3) is 0.417. The quantitative estimate of drug-likeness (QED) is 0.250. The minimum Gasteiger partial charge on any atom is -0.368 e. The van der Waals surface area contributed by atoms with Crippen LogP contribution in [0.15, 0.2) is 34.3 Å². The van der Waals surface area contributed by atoms with Crippen molar-refractivity contribution in [2.75, 3.05) is 19.3 Å². The van der Waals surface area contributed by atoms with Crippen molar-refractivity contribution in [2.24, 2.45) is 10.8 Å². The molecule has 0 spiro atoms. The molecule has 1 amide bonds. The Balaban J connectivity index is 2.60. The van der Waals surface area contributed by atoms with Crippen molar-refractivity contribution in [2.45, 2.75) is 17.4 Å². The molecule has 1 aromatic rings. The fourth-order valence-electron chi connectivity index (χ4n) is 1.62. The van der Waals surface area contributed by atoms with E-state index < -0.39 is 11.9 Å². The molecular formula is C12H17N5OS. The monoisotopic (exact) mass is 279 g/mol. The van der Waals surface area contributed by atoms with Gasteiger partial charge < -0.3 is 11.1 Å². The first kappa shape index (κ1) is 15.4. The zero-order chi connectivity index (χ0) is 14.1. The summed E-state index contributed by atoms with van der Waals surface area (Å²) in [6, 6.07) is 7.18. The number of carbonyl (C=O) groups excluding carboxylic acids is 1. The Labute approximate surface area is 116 Å². The van der Waals surface area contributed by atoms with Gasteiger partial charge in [0, 0.05) is 16.4 Å². The molecule has 1 atom stereocenters. The Morgan fingerprint density at radius 3 is 2.74 bits per heavy atom. The van der Waals surface area contributed by atoms with Gasteiger partial charge in [0.2, 0.25) is 5.91 Å². The second-order valence-electron chi connectivity index (χ2n) is 3.87. The third-order valence-corrected chi connectivity index (χ3v) is 3.32. The Morgan fingerprint density at radius 2 is 2.21 bits per heavy atom. The summed E-state index contributed by atoms with van der Waals surface area (Å²) in [6.45, 7) is 0.970. The normalized spacial score (nSPS) is 11.6. The summed E-state index contributed by atoms with van der Waals surface area (Å²) in [5.74, 6) is -0.416. The maximum atomic E-state index is 11.4. The molecule has 0 aliphatic heterocycles. The Bertz CT molecular complexity index is 456. The number of hydrogen-bond donors (Lipinski definition) is 2. The highest BCUT2D eigenvalue weighted by molar-refractivity contribution is 7.98. The van der Waals surface area contributed by atoms with Crippen molar-refractivity contribution < 1.29 is 4.79 Å². The Morgan fingerprint density at radius 1 is 1.53 bits per heavy atom. The molecule has 0 fully saturated rings. The standard InChI is InChI=1S/C12H17N5OS/c1-19-10-5-3-9(4-6-10)11(12(13)18)15-7-2-8-16-17-14/h3-6,11,15H,2,7-8H2,1H3,(H2,13,18). The summed E-state index contributed by atoms with van der Waals surface area (Å²) in [5, 5.41) is 6.50. The Hall–Kier alpha value is -1.69. The van der Waals surface area contributed by atoms with Crippen molar-refractivity contribution in [1.82, 2.24) is 5.32 Å². The van der Waals surface area contributed by atoms with Crippen LogP contribution >= 0.6 is 11.8 Å². The van der Waals surface area contributed by atoms with Crippen LogP contribution in [0.5, 0.6) is 0 Å². The molecule has 1 rings (SSSR count). The molecule has 0 saturated heterocycles. The smallest absolute Gasteiger partial charge is 0.239 e. The number of carbonyl (C=O) groups is 1. The lowest BCUT2D eigenvalue weighted by atomic mass is 10.1. The average Bonchev–Trinajstić information content (AvgIpc) is 2.43. The number of nitrogens with one attached hydrogen (secondary N) is 1. The second kappa shape index (κ2) is 8.42. The number of nitrogens with zero attached hydrogens (tertiary/aromatic N) is 3. The molecule has 7 heteroatoms. The summed E-state index contributed by atoms with van der Waals surface area (Å²) in [5.41, 5.74) is 14.4. The van der Waals surface area contributed by atoms with Crippen LogP contribution in [0.25, 0.3) is 10.4 Å². The average molecular weight is 279 g/mol. The predicted octanol–water partition coefficient (Wildman–Crippen LogP) is 2.22. The number of benzene rings is 1. The fourth-order valence-corrected chi connectivity index (χ4v) is 2.03. The zero-order valence-electron chi connectivity index (χ0n) is 10.7. The van der Waals surface area contributed by atoms with Gasteiger partial charge in [0.1, 0.15) is 6.04 Å². The lowest BCUT2D eigenvalue weighted by Gasteiger charge is -2.15. The number of amides is 1. The van der Waals surface area contributed by atoms with Gasteiger partial charge in [-0.2, -0.15) is 0 Å². The van der Waals surface area contributed by atoms with Crippen LogP contribution in [-0.2, 0) is 4.79 Å². The van der Waals surface area contributed by atoms with E-state index in [0.717, 1.165) is 10.5 Å². The molecule has 0 aliphatic rings. The van der Waals surface area contributed by atoms with Crippen LogP contribution < -0.4 is 11.1 Å². The van der Waals surface area contributed by atoms with E-state index in [9.17, 15) is 4.79 Å². The van der Waals surface area contributed by atoms with E-state index >= 15 is 0 Å². The lowest BCUT2D eigenvalue weighted by Crippen LogP contribution is -2.34. The molecule has 0 bridgehead atoms. The molecule has 0 saturated carbocycles. The maximum Gasteiger partial charge on any atom is 0.239 e. The number of rotatable bonds is 8. The lowest BCUT2D eigenvalue weighted by molar-refractivity contribution is -0.120. The zero-order valence-corrected chi connectivity index (χ0v) is 11.6. The highest BCUT2D eigenvalue weighted by Crippen LogP contribution is 2.19. The molecule has 102 valence electrons. The molecule has 1 aromatic carbocycles. The van der Waals surface area contributed by atoms with Crippen molar-refractivity contribution >= 4 is 17.7 Å². The molecular weight excluding hydrogens is 262 g/mol. The van der Waals surface area contributed by atoms with E-state index in [1.165, 1.54) is 0 Å². The molecule has 0 radical (unpaired) electrons. The van der Waals surface area contributed by atoms with Crippen molar-refractivity contribution in [3.05, 3.63) is 40.3 Å². The van der Waals surface area contributed by atoms with Crippen molar-refractivity contribution in [3.63, 3.8) is 0 Å². The van der Waals surface area contributed by atoms with Gasteiger partial charge in [-0.1, -0.05) is 17.2 Å². The van der Waals surface area contributed by atoms with E-state index in [1.54, 1.807) is 11.8 Å². The van der Waals surface area contributed by atoms with Gasteiger partial charge in [0.05, 0.1) is 0 Å². The van der Waals surface area contributed by atoms with E-state index in [1.807, 2.05) is 30.5 Å². The van der Waals surface area contributed by atoms with Crippen LogP contribution in [0.3, 0.4) is 0 Å². The molecule has 0 aliphatic carbocycles. The van der Waals surface area contributed by atoms with Crippen LogP contribution in [0, 0.1) is 0 Å². The maximum absolute atomic E-state index is 11.4. The molecule has 6 nitrogen and oxygen atoms in total.